The van der Waals surface area contributed by atoms with Gasteiger partial charge in [-0.2, -0.15) is 0 Å². The summed E-state index contributed by atoms with van der Waals surface area (Å²) in [5, 5.41) is 0. The maximum absolute atomic E-state index is 11.5. The Hall–Kier alpha value is -0.990. The van der Waals surface area contributed by atoms with Gasteiger partial charge >= 0.3 is 5.97 Å². The second-order valence-electron chi connectivity index (χ2n) is 4.20. The molecule has 0 heterocycles. The van der Waals surface area contributed by atoms with Gasteiger partial charge in [-0.05, 0) is 24.6 Å². The molecule has 1 atom stereocenters. The molecule has 1 aromatic rings. The van der Waals surface area contributed by atoms with Crippen molar-refractivity contribution in [2.24, 2.45) is 0 Å². The molecule has 0 radical (unpaired) electrons. The van der Waals surface area contributed by atoms with Gasteiger partial charge in [-0.1, -0.05) is 23.7 Å². The zero-order valence-electron chi connectivity index (χ0n) is 10.6. The quantitative estimate of drug-likeness (QED) is 0.474. The summed E-state index contributed by atoms with van der Waals surface area (Å²) in [6.07, 6.45) is 0.146. The number of esters is 1. The van der Waals surface area contributed by atoms with Crippen molar-refractivity contribution in [1.29, 1.82) is 0 Å². The Kier molecular flexibility index (Phi) is 5.24. The first-order valence-electron chi connectivity index (χ1n) is 5.43. The third-order valence-corrected chi connectivity index (χ3v) is 2.63. The Bertz CT molecular complexity index is 450. The van der Waals surface area contributed by atoms with Crippen LogP contribution in [-0.4, -0.2) is 24.9 Å². The molecule has 0 amide bonds. The minimum absolute atomic E-state index is 0.146. The first kappa shape index (κ1) is 15.1. The van der Waals surface area contributed by atoms with Crippen molar-refractivity contribution in [2.45, 2.75) is 18.9 Å². The summed E-state index contributed by atoms with van der Waals surface area (Å²) in [5.41, 5.74) is 0.151. The number of benzene rings is 1. The minimum atomic E-state index is -2.56. The summed E-state index contributed by atoms with van der Waals surface area (Å²) in [6.45, 7) is 4.66. The highest BCUT2D eigenvalue weighted by Crippen LogP contribution is 2.38. The second kappa shape index (κ2) is 6.26. The minimum Gasteiger partial charge on any atom is -0.446 e. The lowest BCUT2D eigenvalue weighted by Crippen LogP contribution is -2.11. The number of carbonyl (C=O) groups excluding carboxylic acids is 1. The van der Waals surface area contributed by atoms with Crippen LogP contribution >= 0.6 is 19.0 Å². The fourth-order valence-electron chi connectivity index (χ4n) is 1.31. The summed E-state index contributed by atoms with van der Waals surface area (Å²) in [4.78, 5) is 11.4. The van der Waals surface area contributed by atoms with E-state index < -0.39 is 12.9 Å². The molecular weight excluding hydrogens is 275 g/mol. The largest absolute Gasteiger partial charge is 0.446 e. The van der Waals surface area contributed by atoms with E-state index in [1.165, 1.54) is 0 Å². The van der Waals surface area contributed by atoms with E-state index in [0.717, 1.165) is 5.56 Å². The lowest BCUT2D eigenvalue weighted by atomic mass is 10.1. The monoisotopic (exact) mass is 290 g/mol. The van der Waals surface area contributed by atoms with Crippen LogP contribution in [0, 0.1) is 0 Å². The van der Waals surface area contributed by atoms with Crippen LogP contribution in [0.3, 0.4) is 0 Å². The molecule has 0 aliphatic rings. The van der Waals surface area contributed by atoms with E-state index >= 15 is 0 Å². The Morgan fingerprint density at radius 2 is 1.89 bits per heavy atom. The van der Waals surface area contributed by atoms with Crippen LogP contribution in [0.5, 0.6) is 5.75 Å². The van der Waals surface area contributed by atoms with E-state index in [0.29, 0.717) is 5.75 Å². The molecule has 100 valence electrons. The molecule has 4 nitrogen and oxygen atoms in total. The molecule has 0 N–H and O–H groups in total. The van der Waals surface area contributed by atoms with Crippen LogP contribution < -0.4 is 4.52 Å². The summed E-state index contributed by atoms with van der Waals surface area (Å²) in [6, 6.07) is 6.80. The lowest BCUT2D eigenvalue weighted by Gasteiger charge is -2.10. The molecule has 0 bridgehead atoms. The predicted octanol–water partition coefficient (Wildman–Crippen LogP) is 3.27. The molecule has 1 aromatic carbocycles. The van der Waals surface area contributed by atoms with Crippen molar-refractivity contribution in [1.82, 2.24) is 0 Å². The zero-order chi connectivity index (χ0) is 13.8. The van der Waals surface area contributed by atoms with Crippen LogP contribution in [0.4, 0.5) is 0 Å². The summed E-state index contributed by atoms with van der Waals surface area (Å²) in [5.74, 6) is 0.133. The summed E-state index contributed by atoms with van der Waals surface area (Å²) >= 11 is 5.54. The molecule has 0 saturated heterocycles. The molecule has 0 saturated carbocycles. The summed E-state index contributed by atoms with van der Waals surface area (Å²) < 4.78 is 21.5. The van der Waals surface area contributed by atoms with Gasteiger partial charge < -0.3 is 9.26 Å². The van der Waals surface area contributed by atoms with Crippen LogP contribution in [0.1, 0.15) is 12.5 Å². The highest BCUT2D eigenvalue weighted by molar-refractivity contribution is 7.57. The number of ether oxygens (including phenoxy) is 1. The van der Waals surface area contributed by atoms with E-state index in [1.54, 1.807) is 44.5 Å². The van der Waals surface area contributed by atoms with E-state index in [9.17, 15) is 9.36 Å². The second-order valence-corrected chi connectivity index (χ2v) is 7.50. The van der Waals surface area contributed by atoms with Crippen molar-refractivity contribution in [3.8, 4) is 5.75 Å². The molecule has 0 aliphatic heterocycles. The Morgan fingerprint density at radius 3 is 2.33 bits per heavy atom. The van der Waals surface area contributed by atoms with Crippen LogP contribution in [-0.2, 0) is 20.5 Å². The normalized spacial score (nSPS) is 12.9. The Morgan fingerprint density at radius 1 is 1.33 bits per heavy atom. The number of alkyl halides is 1. The van der Waals surface area contributed by atoms with Gasteiger partial charge in [0, 0.05) is 13.3 Å². The van der Waals surface area contributed by atoms with Gasteiger partial charge in [0.05, 0.1) is 6.42 Å². The molecule has 0 aliphatic carbocycles. The highest BCUT2D eigenvalue weighted by Gasteiger charge is 2.10. The standard InChI is InChI=1S/C12H16ClO4P/c1-9(13)16-12(14)8-10-4-6-11(7-5-10)17-18(2,3)15/h4-7,9H,8H2,1-3H3. The van der Waals surface area contributed by atoms with Crippen molar-refractivity contribution < 1.29 is 18.6 Å². The molecule has 0 fully saturated rings. The predicted molar refractivity (Wildman–Crippen MR) is 71.6 cm³/mol. The average molecular weight is 291 g/mol. The molecular formula is C12H16ClO4P. The SMILES string of the molecule is CC(Cl)OC(=O)Cc1ccc(OP(C)(C)=O)cc1. The van der Waals surface area contributed by atoms with Gasteiger partial charge in [-0.15, -0.1) is 0 Å². The highest BCUT2D eigenvalue weighted by atomic mass is 35.5. The average Bonchev–Trinajstić information content (AvgIpc) is 2.17. The number of halogens is 1. The van der Waals surface area contributed by atoms with Gasteiger partial charge in [-0.3, -0.25) is 9.36 Å². The fourth-order valence-corrected chi connectivity index (χ4v) is 2.04. The third-order valence-electron chi connectivity index (χ3n) is 1.89. The fraction of sp³-hybridized carbons (Fsp3) is 0.417. The molecule has 0 aromatic heterocycles. The van der Waals surface area contributed by atoms with Crippen molar-refractivity contribution >= 4 is 24.9 Å². The maximum atomic E-state index is 11.5. The van der Waals surface area contributed by atoms with Crippen molar-refractivity contribution in [3.63, 3.8) is 0 Å². The topological polar surface area (TPSA) is 52.6 Å². The lowest BCUT2D eigenvalue weighted by molar-refractivity contribution is -0.144. The van der Waals surface area contributed by atoms with Gasteiger partial charge in [0.15, 0.2) is 5.56 Å². The van der Waals surface area contributed by atoms with Crippen LogP contribution in [0.2, 0.25) is 0 Å². The zero-order valence-corrected chi connectivity index (χ0v) is 12.2. The Labute approximate surface area is 112 Å². The molecule has 6 heteroatoms. The number of hydrogen-bond acceptors (Lipinski definition) is 4. The van der Waals surface area contributed by atoms with Gasteiger partial charge in [0.2, 0.25) is 7.37 Å². The van der Waals surface area contributed by atoms with E-state index in [4.69, 9.17) is 20.9 Å². The van der Waals surface area contributed by atoms with Crippen LogP contribution in [0.25, 0.3) is 0 Å². The molecule has 18 heavy (non-hydrogen) atoms. The molecule has 1 unspecified atom stereocenters. The van der Waals surface area contributed by atoms with Crippen LogP contribution in [0.15, 0.2) is 24.3 Å². The third kappa shape index (κ3) is 6.08. The molecule has 0 spiro atoms. The smallest absolute Gasteiger partial charge is 0.311 e. The van der Waals surface area contributed by atoms with Crippen molar-refractivity contribution in [3.05, 3.63) is 29.8 Å². The van der Waals surface area contributed by atoms with E-state index in [-0.39, 0.29) is 12.4 Å². The number of rotatable bonds is 5. The first-order valence-corrected chi connectivity index (χ1v) is 8.39. The first-order chi connectivity index (χ1) is 8.26. The maximum Gasteiger partial charge on any atom is 0.311 e. The molecule has 1 rings (SSSR count). The van der Waals surface area contributed by atoms with E-state index in [1.807, 2.05) is 0 Å². The Balaban J connectivity index is 2.60. The van der Waals surface area contributed by atoms with Gasteiger partial charge in [0.1, 0.15) is 5.75 Å². The number of carbonyl (C=O) groups is 1. The van der Waals surface area contributed by atoms with E-state index in [2.05, 4.69) is 0 Å². The van der Waals surface area contributed by atoms with Gasteiger partial charge in [-0.25, -0.2) is 0 Å². The van der Waals surface area contributed by atoms with Crippen molar-refractivity contribution in [2.75, 3.05) is 13.3 Å². The number of hydrogen-bond donors (Lipinski definition) is 0. The summed E-state index contributed by atoms with van der Waals surface area (Å²) in [7, 11) is -2.56. The van der Waals surface area contributed by atoms with Gasteiger partial charge in [0.25, 0.3) is 0 Å².